The van der Waals surface area contributed by atoms with Crippen LogP contribution in [-0.2, 0) is 17.1 Å². The zero-order valence-electron chi connectivity index (χ0n) is 8.80. The lowest BCUT2D eigenvalue weighted by atomic mass is 10.3. The van der Waals surface area contributed by atoms with E-state index in [4.69, 9.17) is 17.3 Å². The summed E-state index contributed by atoms with van der Waals surface area (Å²) < 4.78 is 27.0. The van der Waals surface area contributed by atoms with Crippen LogP contribution in [0.3, 0.4) is 0 Å². The van der Waals surface area contributed by atoms with Crippen LogP contribution in [0.2, 0.25) is 5.02 Å². The van der Waals surface area contributed by atoms with Gasteiger partial charge in [0.1, 0.15) is 0 Å². The van der Waals surface area contributed by atoms with Crippen LogP contribution in [0.4, 0.5) is 0 Å². The number of hydrogen-bond acceptors (Lipinski definition) is 4. The van der Waals surface area contributed by atoms with Gasteiger partial charge in [0.2, 0.25) is 0 Å². The van der Waals surface area contributed by atoms with E-state index in [1.807, 2.05) is 0 Å². The molecule has 0 amide bonds. The predicted octanol–water partition coefficient (Wildman–Crippen LogP) is -0.205. The maximum atomic E-state index is 12.2. The van der Waals surface area contributed by atoms with E-state index < -0.39 is 10.0 Å². The fourth-order valence-electron chi connectivity index (χ4n) is 1.78. The van der Waals surface area contributed by atoms with Gasteiger partial charge in [-0.05, 0) is 6.42 Å². The highest BCUT2D eigenvalue weighted by Gasteiger charge is 2.34. The third-order valence-electron chi connectivity index (χ3n) is 2.61. The summed E-state index contributed by atoms with van der Waals surface area (Å²) in [4.78, 5) is 0. The molecule has 1 saturated heterocycles. The molecule has 0 unspecified atom stereocenters. The van der Waals surface area contributed by atoms with Crippen LogP contribution < -0.4 is 5.73 Å². The highest BCUT2D eigenvalue weighted by atomic mass is 35.5. The summed E-state index contributed by atoms with van der Waals surface area (Å²) in [7, 11) is -2.02. The zero-order chi connectivity index (χ0) is 11.9. The molecule has 0 spiro atoms. The number of hydrogen-bond donors (Lipinski definition) is 1. The molecule has 2 N–H and O–H groups in total. The molecule has 0 aliphatic carbocycles. The van der Waals surface area contributed by atoms with Crippen LogP contribution in [-0.4, -0.2) is 41.6 Å². The molecule has 0 aromatic carbocycles. The van der Waals surface area contributed by atoms with E-state index in [9.17, 15) is 8.42 Å². The van der Waals surface area contributed by atoms with Gasteiger partial charge in [-0.25, -0.2) is 8.42 Å². The van der Waals surface area contributed by atoms with Gasteiger partial charge in [0.25, 0.3) is 10.0 Å². The molecule has 1 aliphatic heterocycles. The second-order valence-electron chi connectivity index (χ2n) is 3.83. The molecular weight excluding hydrogens is 252 g/mol. The lowest BCUT2D eigenvalue weighted by molar-refractivity contribution is 0.463. The van der Waals surface area contributed by atoms with Crippen molar-refractivity contribution in [2.45, 2.75) is 17.5 Å². The molecule has 16 heavy (non-hydrogen) atoms. The van der Waals surface area contributed by atoms with Crippen molar-refractivity contribution in [2.75, 3.05) is 13.1 Å². The minimum absolute atomic E-state index is 0.0308. The second kappa shape index (κ2) is 3.99. The van der Waals surface area contributed by atoms with Crippen molar-refractivity contribution in [1.82, 2.24) is 14.1 Å². The maximum Gasteiger partial charge on any atom is 0.261 e. The quantitative estimate of drug-likeness (QED) is 0.802. The van der Waals surface area contributed by atoms with E-state index in [-0.39, 0.29) is 16.1 Å². The number of nitrogens with zero attached hydrogens (tertiary/aromatic N) is 3. The molecule has 2 heterocycles. The van der Waals surface area contributed by atoms with Crippen molar-refractivity contribution in [2.24, 2.45) is 12.8 Å². The standard InChI is InChI=1S/C8H13ClN4O2S/c1-12-8(7(9)4-11-12)16(14,15)13-3-2-6(10)5-13/h4,6H,2-3,5,10H2,1H3/t6-/m0/s1. The van der Waals surface area contributed by atoms with Crippen molar-refractivity contribution >= 4 is 21.6 Å². The van der Waals surface area contributed by atoms with Crippen molar-refractivity contribution in [1.29, 1.82) is 0 Å². The molecule has 8 heteroatoms. The van der Waals surface area contributed by atoms with Gasteiger partial charge in [0.05, 0.1) is 11.2 Å². The average molecular weight is 265 g/mol. The van der Waals surface area contributed by atoms with Gasteiger partial charge < -0.3 is 5.73 Å². The van der Waals surface area contributed by atoms with E-state index in [2.05, 4.69) is 5.10 Å². The molecule has 2 rings (SSSR count). The van der Waals surface area contributed by atoms with Crippen LogP contribution in [0.1, 0.15) is 6.42 Å². The largest absolute Gasteiger partial charge is 0.326 e. The highest BCUT2D eigenvalue weighted by molar-refractivity contribution is 7.89. The minimum atomic E-state index is -3.57. The number of sulfonamides is 1. The van der Waals surface area contributed by atoms with Crippen LogP contribution >= 0.6 is 11.6 Å². The molecule has 0 bridgehead atoms. The van der Waals surface area contributed by atoms with Crippen LogP contribution in [0, 0.1) is 0 Å². The fourth-order valence-corrected chi connectivity index (χ4v) is 3.90. The highest BCUT2D eigenvalue weighted by Crippen LogP contribution is 2.25. The summed E-state index contributed by atoms with van der Waals surface area (Å²) >= 11 is 5.82. The normalized spacial score (nSPS) is 22.8. The maximum absolute atomic E-state index is 12.2. The van der Waals surface area contributed by atoms with Crippen molar-refractivity contribution in [3.8, 4) is 0 Å². The third-order valence-corrected chi connectivity index (χ3v) is 4.99. The number of nitrogens with two attached hydrogens (primary N) is 1. The van der Waals surface area contributed by atoms with E-state index in [0.29, 0.717) is 19.5 Å². The summed E-state index contributed by atoms with van der Waals surface area (Å²) in [6.07, 6.45) is 2.00. The van der Waals surface area contributed by atoms with Gasteiger partial charge in [-0.2, -0.15) is 9.40 Å². The van der Waals surface area contributed by atoms with Gasteiger partial charge in [0, 0.05) is 26.2 Å². The molecule has 1 atom stereocenters. The van der Waals surface area contributed by atoms with Crippen molar-refractivity contribution in [3.05, 3.63) is 11.2 Å². The monoisotopic (exact) mass is 264 g/mol. The first-order valence-electron chi connectivity index (χ1n) is 4.86. The van der Waals surface area contributed by atoms with Crippen LogP contribution in [0.5, 0.6) is 0 Å². The SMILES string of the molecule is Cn1ncc(Cl)c1S(=O)(=O)N1CC[C@H](N)C1. The lowest BCUT2D eigenvalue weighted by Crippen LogP contribution is -2.33. The van der Waals surface area contributed by atoms with Gasteiger partial charge in [-0.15, -0.1) is 0 Å². The average Bonchev–Trinajstić information content (AvgIpc) is 2.74. The first kappa shape index (κ1) is 11.8. The Labute approximate surface area is 99.0 Å². The van der Waals surface area contributed by atoms with E-state index in [0.717, 1.165) is 0 Å². The Balaban J connectivity index is 2.40. The molecule has 6 nitrogen and oxygen atoms in total. The third kappa shape index (κ3) is 1.84. The summed E-state index contributed by atoms with van der Waals surface area (Å²) in [6.45, 7) is 0.773. The molecule has 1 aromatic rings. The Morgan fingerprint density at radius 3 is 2.75 bits per heavy atom. The number of aryl methyl sites for hydroxylation is 1. The lowest BCUT2D eigenvalue weighted by Gasteiger charge is -2.15. The second-order valence-corrected chi connectivity index (χ2v) is 6.09. The number of aromatic nitrogens is 2. The molecule has 1 aliphatic rings. The molecular formula is C8H13ClN4O2S. The predicted molar refractivity (Wildman–Crippen MR) is 59.6 cm³/mol. The van der Waals surface area contributed by atoms with E-state index >= 15 is 0 Å². The fraction of sp³-hybridized carbons (Fsp3) is 0.625. The Hall–Kier alpha value is -0.630. The summed E-state index contributed by atoms with van der Waals surface area (Å²) in [5.74, 6) is 0. The van der Waals surface area contributed by atoms with Crippen LogP contribution in [0.25, 0.3) is 0 Å². The van der Waals surface area contributed by atoms with Gasteiger partial charge in [0.15, 0.2) is 5.03 Å². The first-order valence-corrected chi connectivity index (χ1v) is 6.68. The first-order chi connectivity index (χ1) is 7.43. The Morgan fingerprint density at radius 2 is 2.31 bits per heavy atom. The smallest absolute Gasteiger partial charge is 0.261 e. The molecule has 1 fully saturated rings. The minimum Gasteiger partial charge on any atom is -0.326 e. The van der Waals surface area contributed by atoms with Gasteiger partial charge in [-0.3, -0.25) is 4.68 Å². The van der Waals surface area contributed by atoms with Crippen molar-refractivity contribution in [3.63, 3.8) is 0 Å². The summed E-state index contributed by atoms with van der Waals surface area (Å²) in [6, 6.07) is -0.0956. The number of rotatable bonds is 2. The number of halogens is 1. The Morgan fingerprint density at radius 1 is 1.62 bits per heavy atom. The topological polar surface area (TPSA) is 81.2 Å². The van der Waals surface area contributed by atoms with Gasteiger partial charge >= 0.3 is 0 Å². The Bertz CT molecular complexity index is 479. The van der Waals surface area contributed by atoms with E-state index in [1.165, 1.54) is 15.2 Å². The molecule has 90 valence electrons. The molecule has 1 aromatic heterocycles. The Kier molecular flexibility index (Phi) is 2.95. The van der Waals surface area contributed by atoms with Gasteiger partial charge in [-0.1, -0.05) is 11.6 Å². The molecule has 0 saturated carbocycles. The summed E-state index contributed by atoms with van der Waals surface area (Å²) in [5.41, 5.74) is 5.69. The van der Waals surface area contributed by atoms with E-state index in [1.54, 1.807) is 7.05 Å². The zero-order valence-corrected chi connectivity index (χ0v) is 10.4. The van der Waals surface area contributed by atoms with Crippen LogP contribution in [0.15, 0.2) is 11.2 Å². The molecule has 0 radical (unpaired) electrons. The summed E-state index contributed by atoms with van der Waals surface area (Å²) in [5, 5.41) is 3.99. The van der Waals surface area contributed by atoms with Crippen molar-refractivity contribution < 1.29 is 8.42 Å².